The minimum Gasteiger partial charge on any atom is -0.387 e. The molecular formula is C5H12N2O2. The first-order valence-electron chi connectivity index (χ1n) is 2.80. The van der Waals surface area contributed by atoms with Crippen LogP contribution in [0, 0.1) is 0 Å². The summed E-state index contributed by atoms with van der Waals surface area (Å²) in [5.74, 6) is -0.382. The molecule has 0 aliphatic rings. The molecule has 9 heavy (non-hydrogen) atoms. The monoisotopic (exact) mass is 132 g/mol. The van der Waals surface area contributed by atoms with E-state index in [0.717, 1.165) is 0 Å². The van der Waals surface area contributed by atoms with Gasteiger partial charge in [0.05, 0.1) is 0 Å². The molecule has 4 nitrogen and oxygen atoms in total. The van der Waals surface area contributed by atoms with Crippen LogP contribution in [0.1, 0.15) is 6.92 Å². The van der Waals surface area contributed by atoms with Gasteiger partial charge in [0.2, 0.25) is 5.91 Å². The zero-order chi connectivity index (χ0) is 7.28. The summed E-state index contributed by atoms with van der Waals surface area (Å²) in [6.07, 6.45) is 0. The summed E-state index contributed by atoms with van der Waals surface area (Å²) in [5, 5.41) is 10.6. The van der Waals surface area contributed by atoms with E-state index in [2.05, 4.69) is 5.32 Å². The van der Waals surface area contributed by atoms with Gasteiger partial charge >= 0.3 is 0 Å². The van der Waals surface area contributed by atoms with Gasteiger partial charge in [-0.15, -0.1) is 0 Å². The molecule has 0 saturated heterocycles. The summed E-state index contributed by atoms with van der Waals surface area (Å²) >= 11 is 0. The first-order valence-corrected chi connectivity index (χ1v) is 2.80. The number of aliphatic hydroxyl groups excluding tert-OH is 1. The number of amides is 1. The molecule has 0 aromatic carbocycles. The van der Waals surface area contributed by atoms with E-state index in [1.54, 1.807) is 6.92 Å². The summed E-state index contributed by atoms with van der Waals surface area (Å²) in [6.45, 7) is 1.73. The topological polar surface area (TPSA) is 75.3 Å². The summed E-state index contributed by atoms with van der Waals surface area (Å²) in [7, 11) is 0. The van der Waals surface area contributed by atoms with E-state index >= 15 is 0 Å². The summed E-state index contributed by atoms with van der Waals surface area (Å²) in [6, 6.07) is -0.0551. The summed E-state index contributed by atoms with van der Waals surface area (Å²) in [5.41, 5.74) is 5.30. The third-order valence-electron chi connectivity index (χ3n) is 0.765. The number of aliphatic hydroxyl groups is 1. The molecule has 54 valence electrons. The highest BCUT2D eigenvalue weighted by atomic mass is 16.3. The molecule has 0 rings (SSSR count). The zero-order valence-corrected chi connectivity index (χ0v) is 5.42. The van der Waals surface area contributed by atoms with Crippen LogP contribution in [0.4, 0.5) is 0 Å². The summed E-state index contributed by atoms with van der Waals surface area (Å²) in [4.78, 5) is 10.3. The molecule has 0 aliphatic carbocycles. The van der Waals surface area contributed by atoms with Crippen molar-refractivity contribution in [2.24, 2.45) is 5.73 Å². The Kier molecular flexibility index (Phi) is 4.00. The van der Waals surface area contributed by atoms with Gasteiger partial charge in [0.15, 0.2) is 0 Å². The van der Waals surface area contributed by atoms with Gasteiger partial charge in [0, 0.05) is 12.6 Å². The first kappa shape index (κ1) is 8.39. The van der Waals surface area contributed by atoms with Crippen LogP contribution in [0.3, 0.4) is 0 Å². The molecule has 0 aromatic heterocycles. The van der Waals surface area contributed by atoms with Gasteiger partial charge in [-0.05, 0) is 6.92 Å². The standard InChI is InChI=1S/C5H12N2O2/c1-4(6)2-7-5(9)3-8/h4,8H,2-3,6H2,1H3,(H,7,9). The van der Waals surface area contributed by atoms with E-state index in [4.69, 9.17) is 10.8 Å². The van der Waals surface area contributed by atoms with Crippen molar-refractivity contribution < 1.29 is 9.90 Å². The van der Waals surface area contributed by atoms with Crippen molar-refractivity contribution in [2.75, 3.05) is 13.2 Å². The lowest BCUT2D eigenvalue weighted by atomic mass is 10.3. The number of hydrogen-bond acceptors (Lipinski definition) is 3. The van der Waals surface area contributed by atoms with Crippen LogP contribution >= 0.6 is 0 Å². The predicted octanol–water partition coefficient (Wildman–Crippen LogP) is -1.56. The van der Waals surface area contributed by atoms with E-state index in [0.29, 0.717) is 6.54 Å². The number of nitrogens with one attached hydrogen (secondary N) is 1. The largest absolute Gasteiger partial charge is 0.387 e. The van der Waals surface area contributed by atoms with Crippen molar-refractivity contribution in [1.29, 1.82) is 0 Å². The van der Waals surface area contributed by atoms with Crippen molar-refractivity contribution in [1.82, 2.24) is 5.32 Å². The van der Waals surface area contributed by atoms with Crippen LogP contribution in [0.25, 0.3) is 0 Å². The lowest BCUT2D eigenvalue weighted by Gasteiger charge is -2.04. The second kappa shape index (κ2) is 4.29. The van der Waals surface area contributed by atoms with E-state index in [1.165, 1.54) is 0 Å². The minimum absolute atomic E-state index is 0.0551. The van der Waals surface area contributed by atoms with Gasteiger partial charge in [-0.3, -0.25) is 4.79 Å². The van der Waals surface area contributed by atoms with Gasteiger partial charge in [0.25, 0.3) is 0 Å². The number of carbonyl (C=O) groups is 1. The lowest BCUT2D eigenvalue weighted by Crippen LogP contribution is -2.36. The van der Waals surface area contributed by atoms with Crippen molar-refractivity contribution >= 4 is 5.91 Å². The van der Waals surface area contributed by atoms with Crippen LogP contribution in [0.2, 0.25) is 0 Å². The van der Waals surface area contributed by atoms with E-state index < -0.39 is 6.61 Å². The van der Waals surface area contributed by atoms with Crippen molar-refractivity contribution in [3.05, 3.63) is 0 Å². The van der Waals surface area contributed by atoms with Crippen LogP contribution in [0.15, 0.2) is 0 Å². The number of carbonyl (C=O) groups excluding carboxylic acids is 1. The van der Waals surface area contributed by atoms with Crippen LogP contribution in [0.5, 0.6) is 0 Å². The lowest BCUT2D eigenvalue weighted by molar-refractivity contribution is -0.123. The van der Waals surface area contributed by atoms with Gasteiger partial charge in [-0.2, -0.15) is 0 Å². The molecule has 0 radical (unpaired) electrons. The molecule has 1 amide bonds. The molecule has 0 aliphatic heterocycles. The maximum atomic E-state index is 10.3. The number of rotatable bonds is 3. The highest BCUT2D eigenvalue weighted by molar-refractivity contribution is 5.76. The van der Waals surface area contributed by atoms with Gasteiger partial charge in [-0.25, -0.2) is 0 Å². The van der Waals surface area contributed by atoms with Gasteiger partial charge < -0.3 is 16.2 Å². The molecule has 0 aromatic rings. The fourth-order valence-corrected chi connectivity index (χ4v) is 0.331. The Hall–Kier alpha value is -0.610. The van der Waals surface area contributed by atoms with Gasteiger partial charge in [-0.1, -0.05) is 0 Å². The molecule has 0 heterocycles. The highest BCUT2D eigenvalue weighted by Crippen LogP contribution is 1.69. The highest BCUT2D eigenvalue weighted by Gasteiger charge is 1.97. The summed E-state index contributed by atoms with van der Waals surface area (Å²) < 4.78 is 0. The number of hydrogen-bond donors (Lipinski definition) is 3. The predicted molar refractivity (Wildman–Crippen MR) is 33.7 cm³/mol. The zero-order valence-electron chi connectivity index (χ0n) is 5.42. The third kappa shape index (κ3) is 5.26. The second-order valence-electron chi connectivity index (χ2n) is 1.94. The normalized spacial score (nSPS) is 12.8. The number of nitrogens with two attached hydrogens (primary N) is 1. The fraction of sp³-hybridized carbons (Fsp3) is 0.800. The maximum Gasteiger partial charge on any atom is 0.245 e. The van der Waals surface area contributed by atoms with Crippen molar-refractivity contribution in [3.8, 4) is 0 Å². The SMILES string of the molecule is CC(N)CNC(=O)CO. The van der Waals surface area contributed by atoms with Crippen LogP contribution < -0.4 is 11.1 Å². The van der Waals surface area contributed by atoms with E-state index in [9.17, 15) is 4.79 Å². The molecular weight excluding hydrogens is 120 g/mol. The Balaban J connectivity index is 3.17. The minimum atomic E-state index is -0.466. The quantitative estimate of drug-likeness (QED) is 0.435. The third-order valence-corrected chi connectivity index (χ3v) is 0.765. The van der Waals surface area contributed by atoms with Crippen LogP contribution in [-0.2, 0) is 4.79 Å². The fourth-order valence-electron chi connectivity index (χ4n) is 0.331. The Morgan fingerprint density at radius 3 is 2.78 bits per heavy atom. The average Bonchev–Trinajstić information content (AvgIpc) is 1.83. The van der Waals surface area contributed by atoms with E-state index in [-0.39, 0.29) is 11.9 Å². The molecule has 1 unspecified atom stereocenters. The second-order valence-corrected chi connectivity index (χ2v) is 1.94. The Bertz CT molecular complexity index is 93.0. The van der Waals surface area contributed by atoms with Crippen LogP contribution in [-0.4, -0.2) is 30.2 Å². The van der Waals surface area contributed by atoms with Crippen molar-refractivity contribution in [3.63, 3.8) is 0 Å². The molecule has 0 saturated carbocycles. The first-order chi connectivity index (χ1) is 4.16. The Morgan fingerprint density at radius 2 is 2.44 bits per heavy atom. The maximum absolute atomic E-state index is 10.3. The Labute approximate surface area is 54.0 Å². The molecule has 1 atom stereocenters. The van der Waals surface area contributed by atoms with Gasteiger partial charge in [0.1, 0.15) is 6.61 Å². The smallest absolute Gasteiger partial charge is 0.245 e. The molecule has 4 heteroatoms. The Morgan fingerprint density at radius 1 is 1.89 bits per heavy atom. The van der Waals surface area contributed by atoms with Crippen molar-refractivity contribution in [2.45, 2.75) is 13.0 Å². The molecule has 4 N–H and O–H groups in total. The average molecular weight is 132 g/mol. The molecule has 0 fully saturated rings. The van der Waals surface area contributed by atoms with E-state index in [1.807, 2.05) is 0 Å². The molecule has 0 spiro atoms. The molecule has 0 bridgehead atoms.